The molecule has 0 spiro atoms. The maximum atomic E-state index is 13.6. The zero-order chi connectivity index (χ0) is 26.1. The van der Waals surface area contributed by atoms with E-state index in [1.807, 2.05) is 13.0 Å². The Morgan fingerprint density at radius 3 is 2.65 bits per heavy atom. The smallest absolute Gasteiger partial charge is 0.277 e. The molecule has 2 aromatic carbocycles. The number of anilines is 2. The second-order valence-corrected chi connectivity index (χ2v) is 8.72. The number of benzene rings is 2. The first kappa shape index (κ1) is 23.8. The molecule has 37 heavy (non-hydrogen) atoms. The molecule has 0 aliphatic carbocycles. The van der Waals surface area contributed by atoms with Gasteiger partial charge in [0.15, 0.2) is 5.82 Å². The fourth-order valence-corrected chi connectivity index (χ4v) is 4.37. The molecule has 5 rings (SSSR count). The van der Waals surface area contributed by atoms with Crippen LogP contribution in [0.25, 0.3) is 0 Å². The Morgan fingerprint density at radius 2 is 1.92 bits per heavy atom. The normalized spacial score (nSPS) is 14.7. The second kappa shape index (κ2) is 9.62. The maximum absolute atomic E-state index is 13.6. The summed E-state index contributed by atoms with van der Waals surface area (Å²) in [5, 5.41) is 16.1. The number of nitrogens with zero attached hydrogens (tertiary/aromatic N) is 5. The van der Waals surface area contributed by atoms with Crippen molar-refractivity contribution in [2.75, 3.05) is 10.2 Å². The summed E-state index contributed by atoms with van der Waals surface area (Å²) >= 11 is 0. The predicted molar refractivity (Wildman–Crippen MR) is 131 cm³/mol. The summed E-state index contributed by atoms with van der Waals surface area (Å²) in [6, 6.07) is 16.5. The van der Waals surface area contributed by atoms with Gasteiger partial charge in [0.05, 0.1) is 36.0 Å². The van der Waals surface area contributed by atoms with Crippen LogP contribution in [0.5, 0.6) is 0 Å². The van der Waals surface area contributed by atoms with Gasteiger partial charge in [0.2, 0.25) is 5.95 Å². The largest absolute Gasteiger partial charge is 0.322 e. The van der Waals surface area contributed by atoms with Gasteiger partial charge in [-0.3, -0.25) is 14.3 Å². The van der Waals surface area contributed by atoms with Crippen LogP contribution in [-0.2, 0) is 13.0 Å². The van der Waals surface area contributed by atoms with Gasteiger partial charge in [0.1, 0.15) is 5.69 Å². The van der Waals surface area contributed by atoms with Crippen LogP contribution in [0.1, 0.15) is 44.5 Å². The number of pyridine rings is 1. The molecular weight excluding hydrogens is 478 g/mol. The topological polar surface area (TPSA) is 104 Å². The van der Waals surface area contributed by atoms with Gasteiger partial charge in [0, 0.05) is 17.6 Å². The highest BCUT2D eigenvalue weighted by molar-refractivity contribution is 6.15. The number of hydrogen-bond acceptors (Lipinski definition) is 5. The summed E-state index contributed by atoms with van der Waals surface area (Å²) in [5.41, 5.74) is 3.12. The number of halogens is 2. The van der Waals surface area contributed by atoms with Crippen molar-refractivity contribution >= 4 is 23.2 Å². The summed E-state index contributed by atoms with van der Waals surface area (Å²) < 4.78 is 28.1. The highest BCUT2D eigenvalue weighted by Gasteiger charge is 2.35. The molecule has 8 nitrogen and oxygen atoms in total. The van der Waals surface area contributed by atoms with Crippen molar-refractivity contribution in [1.82, 2.24) is 14.8 Å². The molecule has 0 radical (unpaired) electrons. The van der Waals surface area contributed by atoms with Crippen molar-refractivity contribution in [1.29, 1.82) is 5.26 Å². The van der Waals surface area contributed by atoms with Gasteiger partial charge in [-0.25, -0.2) is 9.37 Å². The van der Waals surface area contributed by atoms with E-state index in [1.165, 1.54) is 17.1 Å². The van der Waals surface area contributed by atoms with Crippen LogP contribution >= 0.6 is 0 Å². The third-order valence-corrected chi connectivity index (χ3v) is 6.11. The van der Waals surface area contributed by atoms with Crippen LogP contribution in [0, 0.1) is 23.1 Å². The van der Waals surface area contributed by atoms with Gasteiger partial charge in [-0.2, -0.15) is 14.8 Å². The van der Waals surface area contributed by atoms with Crippen molar-refractivity contribution in [3.05, 3.63) is 107 Å². The molecule has 184 valence electrons. The Morgan fingerprint density at radius 1 is 1.14 bits per heavy atom. The Bertz CT molecular complexity index is 1560. The number of carbonyl (C=O) groups is 2. The van der Waals surface area contributed by atoms with E-state index in [-0.39, 0.29) is 23.2 Å². The van der Waals surface area contributed by atoms with Crippen LogP contribution in [-0.4, -0.2) is 32.6 Å². The quantitative estimate of drug-likeness (QED) is 0.413. The number of amides is 2. The number of nitriles is 1. The predicted octanol–water partition coefficient (Wildman–Crippen LogP) is 4.32. The highest BCUT2D eigenvalue weighted by atomic mass is 19.2. The molecule has 4 aromatic rings. The number of hydrogen-bond donors (Lipinski definition) is 1. The van der Waals surface area contributed by atoms with E-state index < -0.39 is 17.7 Å². The number of rotatable bonds is 5. The molecular formula is C27H20F2N6O2. The Hall–Kier alpha value is -4.91. The lowest BCUT2D eigenvalue weighted by atomic mass is 10.0. The lowest BCUT2D eigenvalue weighted by Gasteiger charge is -2.34. The average Bonchev–Trinajstić information content (AvgIpc) is 3.31. The summed E-state index contributed by atoms with van der Waals surface area (Å²) in [7, 11) is 0. The zero-order valence-electron chi connectivity index (χ0n) is 19.7. The van der Waals surface area contributed by atoms with Crippen LogP contribution in [0.3, 0.4) is 0 Å². The third-order valence-electron chi connectivity index (χ3n) is 6.11. The highest BCUT2D eigenvalue weighted by Crippen LogP contribution is 2.28. The van der Waals surface area contributed by atoms with Crippen LogP contribution in [0.4, 0.5) is 20.2 Å². The molecule has 1 aliphatic rings. The van der Waals surface area contributed by atoms with E-state index in [4.69, 9.17) is 5.26 Å². The number of nitrogens with one attached hydrogen (secondary N) is 1. The standard InChI is InChI=1S/C27H20F2N6O2/c1-16-15-34-24(22(14-32-34)26(36)33-20-4-2-3-18(10-20)12-30)27(37)35(16)21-7-5-17(6-8-21)9-19-11-23(28)25(29)31-13-19/h2-8,10-11,13-14,16H,9,15H2,1H3,(H,33,36)/t16-/m0/s1. The van der Waals surface area contributed by atoms with Gasteiger partial charge in [-0.1, -0.05) is 18.2 Å². The molecule has 1 N–H and O–H groups in total. The molecule has 3 heterocycles. The fourth-order valence-electron chi connectivity index (χ4n) is 4.37. The van der Waals surface area contributed by atoms with E-state index in [9.17, 15) is 18.4 Å². The minimum atomic E-state index is -1.14. The van der Waals surface area contributed by atoms with E-state index in [2.05, 4.69) is 15.4 Å². The van der Waals surface area contributed by atoms with Gasteiger partial charge < -0.3 is 10.2 Å². The first-order valence-electron chi connectivity index (χ1n) is 11.4. The van der Waals surface area contributed by atoms with Gasteiger partial charge >= 0.3 is 0 Å². The van der Waals surface area contributed by atoms with Crippen LogP contribution < -0.4 is 10.2 Å². The van der Waals surface area contributed by atoms with Gasteiger partial charge in [-0.15, -0.1) is 0 Å². The summed E-state index contributed by atoms with van der Waals surface area (Å²) in [6.07, 6.45) is 3.00. The first-order valence-corrected chi connectivity index (χ1v) is 11.4. The molecule has 0 unspecified atom stereocenters. The Labute approximate surface area is 210 Å². The maximum Gasteiger partial charge on any atom is 0.277 e. The lowest BCUT2D eigenvalue weighted by Crippen LogP contribution is -2.47. The van der Waals surface area contributed by atoms with Crippen molar-refractivity contribution in [2.45, 2.75) is 25.9 Å². The number of aromatic nitrogens is 3. The molecule has 2 aromatic heterocycles. The molecule has 0 saturated carbocycles. The van der Waals surface area contributed by atoms with Crippen molar-refractivity contribution in [2.24, 2.45) is 0 Å². The van der Waals surface area contributed by atoms with E-state index in [0.717, 1.165) is 11.6 Å². The fraction of sp³-hybridized carbons (Fsp3) is 0.148. The van der Waals surface area contributed by atoms with Crippen LogP contribution in [0.2, 0.25) is 0 Å². The monoisotopic (exact) mass is 498 g/mol. The summed E-state index contributed by atoms with van der Waals surface area (Å²) in [5.74, 6) is -3.02. The average molecular weight is 498 g/mol. The van der Waals surface area contributed by atoms with Gasteiger partial charge in [-0.05, 0) is 60.9 Å². The SMILES string of the molecule is C[C@H]1Cn2ncc(C(=O)Nc3cccc(C#N)c3)c2C(=O)N1c1ccc(Cc2cnc(F)c(F)c2)cc1. The van der Waals surface area contributed by atoms with Crippen molar-refractivity contribution in [3.63, 3.8) is 0 Å². The molecule has 1 aliphatic heterocycles. The lowest BCUT2D eigenvalue weighted by molar-refractivity contribution is 0.0933. The molecule has 2 amide bonds. The van der Waals surface area contributed by atoms with E-state index in [1.54, 1.807) is 53.4 Å². The van der Waals surface area contributed by atoms with E-state index >= 15 is 0 Å². The molecule has 0 saturated heterocycles. The molecule has 0 bridgehead atoms. The Balaban J connectivity index is 1.37. The van der Waals surface area contributed by atoms with Gasteiger partial charge in [0.25, 0.3) is 11.8 Å². The minimum absolute atomic E-state index is 0.131. The van der Waals surface area contributed by atoms with E-state index in [0.29, 0.717) is 35.5 Å². The third kappa shape index (κ3) is 4.67. The molecule has 1 atom stereocenters. The zero-order valence-corrected chi connectivity index (χ0v) is 19.7. The number of fused-ring (bicyclic) bond motifs is 1. The van der Waals surface area contributed by atoms with Crippen molar-refractivity contribution < 1.29 is 18.4 Å². The number of carbonyl (C=O) groups excluding carboxylic acids is 2. The van der Waals surface area contributed by atoms with Crippen molar-refractivity contribution in [3.8, 4) is 6.07 Å². The minimum Gasteiger partial charge on any atom is -0.322 e. The summed E-state index contributed by atoms with van der Waals surface area (Å²) in [6.45, 7) is 2.27. The Kier molecular flexibility index (Phi) is 6.19. The second-order valence-electron chi connectivity index (χ2n) is 8.72. The molecule has 0 fully saturated rings. The summed E-state index contributed by atoms with van der Waals surface area (Å²) in [4.78, 5) is 31.6. The van der Waals surface area contributed by atoms with Crippen LogP contribution in [0.15, 0.2) is 67.0 Å². The molecule has 10 heteroatoms. The first-order chi connectivity index (χ1) is 17.8.